The van der Waals surface area contributed by atoms with E-state index < -0.39 is 94.7 Å². The molecule has 3 rings (SSSR count). The standard InChI is InChI=1S/C14H15F4N2O14P3/c15-6-2-8(14(16,17)18)19-12-4(6)1-5(13(23)20-12)11-10(22)9(21)7(32-11)3-31-36(27,28)34-37(29,30)33-35(24,25)26/h1-2,7,9-11,21-22H,3H2,(H,27,28)(H,29,30)(H,19,20,23)(H2,24,25,26)/t7-,9+,10?,11+/m1/s1. The van der Waals surface area contributed by atoms with Crippen LogP contribution in [0.3, 0.4) is 0 Å². The van der Waals surface area contributed by atoms with Crippen molar-refractivity contribution in [3.8, 4) is 11.4 Å². The average molecular weight is 604 g/mol. The maximum absolute atomic E-state index is 14.3. The largest absolute Gasteiger partial charge is 0.490 e. The molecular weight excluding hydrogens is 589 g/mol. The number of pyridine rings is 2. The summed E-state index contributed by atoms with van der Waals surface area (Å²) in [7, 11) is -17.1. The van der Waals surface area contributed by atoms with Gasteiger partial charge < -0.3 is 39.5 Å². The number of aromatic amines is 1. The number of hydrogen-bond acceptors (Lipinski definition) is 11. The molecule has 16 nitrogen and oxygen atoms in total. The minimum absolute atomic E-state index is 0.0878. The molecule has 0 aromatic carbocycles. The molecule has 3 aliphatic rings. The van der Waals surface area contributed by atoms with Crippen LogP contribution >= 0.6 is 23.5 Å². The normalized spacial score (nSPS) is 26.2. The Kier molecular flexibility index (Phi) is 8.22. The first-order valence-corrected chi connectivity index (χ1v) is 13.8. The van der Waals surface area contributed by atoms with Crippen molar-refractivity contribution in [3.63, 3.8) is 0 Å². The van der Waals surface area contributed by atoms with Gasteiger partial charge in [0.05, 0.1) is 17.7 Å². The van der Waals surface area contributed by atoms with Gasteiger partial charge in [-0.3, -0.25) is 9.32 Å². The van der Waals surface area contributed by atoms with Crippen LogP contribution in [-0.2, 0) is 37.8 Å². The van der Waals surface area contributed by atoms with Gasteiger partial charge in [0, 0.05) is 6.07 Å². The van der Waals surface area contributed by atoms with Crippen LogP contribution in [0.15, 0.2) is 16.9 Å². The van der Waals surface area contributed by atoms with Gasteiger partial charge in [-0.1, -0.05) is 0 Å². The third-order valence-electron chi connectivity index (χ3n) is 4.59. The summed E-state index contributed by atoms with van der Waals surface area (Å²) in [6.45, 7) is -1.20. The highest BCUT2D eigenvalue weighted by atomic mass is 31.3. The first-order valence-electron chi connectivity index (χ1n) is 9.30. The maximum Gasteiger partial charge on any atom is 0.490 e. The summed E-state index contributed by atoms with van der Waals surface area (Å²) in [6, 6.07) is 0.784. The number of aliphatic hydroxyl groups excluding tert-OH is 2. The number of hydrogen-bond donors (Lipinski definition) is 7. The molecule has 3 heterocycles. The zero-order chi connectivity index (χ0) is 28.1. The molecule has 0 saturated carbocycles. The van der Waals surface area contributed by atoms with Crippen LogP contribution in [0.5, 0.6) is 0 Å². The summed E-state index contributed by atoms with van der Waals surface area (Å²) in [6.07, 6.45) is -12.6. The van der Waals surface area contributed by atoms with Crippen molar-refractivity contribution in [3.05, 3.63) is 39.6 Å². The van der Waals surface area contributed by atoms with E-state index in [9.17, 15) is 51.2 Å². The second-order valence-corrected chi connectivity index (χ2v) is 11.7. The quantitative estimate of drug-likeness (QED) is 0.160. The van der Waals surface area contributed by atoms with Gasteiger partial charge in [-0.2, -0.15) is 26.8 Å². The lowest BCUT2D eigenvalue weighted by molar-refractivity contribution is -0.141. The summed E-state index contributed by atoms with van der Waals surface area (Å²) in [4.78, 5) is 53.0. The van der Waals surface area contributed by atoms with E-state index in [0.29, 0.717) is 6.07 Å². The van der Waals surface area contributed by atoms with Crippen molar-refractivity contribution in [2.75, 3.05) is 6.61 Å². The molecule has 23 heteroatoms. The van der Waals surface area contributed by atoms with Gasteiger partial charge in [0.15, 0.2) is 0 Å². The maximum atomic E-state index is 14.3. The van der Waals surface area contributed by atoms with Gasteiger partial charge in [-0.25, -0.2) is 18.1 Å². The highest BCUT2D eigenvalue weighted by Gasteiger charge is 2.47. The first-order chi connectivity index (χ1) is 16.7. The lowest BCUT2D eigenvalue weighted by Crippen LogP contribution is -2.33. The molecule has 0 amide bonds. The molecule has 0 aromatic heterocycles. The number of phosphoric acid groups is 3. The Balaban J connectivity index is 1.80. The Bertz CT molecular complexity index is 1350. The van der Waals surface area contributed by atoms with E-state index in [1.165, 1.54) is 0 Å². The number of ether oxygens (including phenoxy) is 1. The van der Waals surface area contributed by atoms with Crippen LogP contribution in [0.2, 0.25) is 0 Å². The molecule has 208 valence electrons. The van der Waals surface area contributed by atoms with Crippen LogP contribution < -0.4 is 5.56 Å². The molecule has 1 saturated heterocycles. The predicted molar refractivity (Wildman–Crippen MR) is 106 cm³/mol. The molecular formula is C14H15F4N2O14P3. The fraction of sp³-hybridized carbons (Fsp3) is 0.429. The molecule has 0 aromatic rings. The molecule has 3 unspecified atom stereocenters. The van der Waals surface area contributed by atoms with Gasteiger partial charge in [-0.05, 0) is 6.07 Å². The summed E-state index contributed by atoms with van der Waals surface area (Å²) in [5, 5.41) is 20.4. The van der Waals surface area contributed by atoms with E-state index in [2.05, 4.69) is 18.1 Å². The monoisotopic (exact) mass is 604 g/mol. The Morgan fingerprint density at radius 1 is 1.03 bits per heavy atom. The van der Waals surface area contributed by atoms with E-state index in [-0.39, 0.29) is 6.07 Å². The zero-order valence-corrected chi connectivity index (χ0v) is 20.1. The highest BCUT2D eigenvalue weighted by Crippen LogP contribution is 2.66. The van der Waals surface area contributed by atoms with Crippen molar-refractivity contribution < 1.29 is 78.9 Å². The fourth-order valence-corrected chi connectivity index (χ4v) is 6.16. The second kappa shape index (κ2) is 10.2. The number of aliphatic hydroxyl groups is 2. The Morgan fingerprint density at radius 2 is 1.65 bits per heavy atom. The number of phosphoric ester groups is 1. The highest BCUT2D eigenvalue weighted by molar-refractivity contribution is 7.66. The van der Waals surface area contributed by atoms with Crippen LogP contribution in [0.1, 0.15) is 17.4 Å². The number of halogens is 4. The number of alkyl halides is 3. The summed E-state index contributed by atoms with van der Waals surface area (Å²) in [5.74, 6) is -2.25. The number of nitrogens with one attached hydrogen (secondary N) is 1. The summed E-state index contributed by atoms with van der Waals surface area (Å²) in [5.41, 5.74) is -4.10. The molecule has 0 bridgehead atoms. The van der Waals surface area contributed by atoms with E-state index in [0.717, 1.165) is 0 Å². The number of H-pyrrole nitrogens is 1. The molecule has 3 aliphatic heterocycles. The third kappa shape index (κ3) is 7.27. The molecule has 7 N–H and O–H groups in total. The second-order valence-electron chi connectivity index (χ2n) is 7.27. The van der Waals surface area contributed by atoms with Crippen LogP contribution in [-0.4, -0.2) is 64.7 Å². The Labute approximate surface area is 201 Å². The van der Waals surface area contributed by atoms with Crippen molar-refractivity contribution >= 4 is 23.5 Å². The molecule has 6 atom stereocenters. The lowest BCUT2D eigenvalue weighted by Gasteiger charge is -2.19. The SMILES string of the molecule is O=c1nc2[nH]c(C(F)(F)F)cc(F)c-2cc1[C@@H]1O[C@H](COP(=O)(O)OP(=O)(O)OP(=O)(O)O)[C@H](O)C1O. The first kappa shape index (κ1) is 29.9. The van der Waals surface area contributed by atoms with Gasteiger partial charge in [0.1, 0.15) is 41.8 Å². The topological polar surface area (TPSA) is 255 Å². The van der Waals surface area contributed by atoms with E-state index in [1.807, 2.05) is 0 Å². The van der Waals surface area contributed by atoms with Crippen molar-refractivity contribution in [1.82, 2.24) is 9.97 Å². The van der Waals surface area contributed by atoms with Gasteiger partial charge in [0.25, 0.3) is 5.56 Å². The number of fused-ring (bicyclic) bond motifs is 1. The third-order valence-corrected chi connectivity index (χ3v) is 8.39. The van der Waals surface area contributed by atoms with Crippen molar-refractivity contribution in [1.29, 1.82) is 0 Å². The van der Waals surface area contributed by atoms with Crippen LogP contribution in [0.25, 0.3) is 11.4 Å². The summed E-state index contributed by atoms with van der Waals surface area (Å²) < 4.78 is 103. The van der Waals surface area contributed by atoms with E-state index in [1.54, 1.807) is 4.98 Å². The summed E-state index contributed by atoms with van der Waals surface area (Å²) >= 11 is 0. The fourth-order valence-electron chi connectivity index (χ4n) is 3.13. The van der Waals surface area contributed by atoms with Crippen molar-refractivity contribution in [2.24, 2.45) is 0 Å². The van der Waals surface area contributed by atoms with Crippen molar-refractivity contribution in [2.45, 2.75) is 30.6 Å². The number of nitrogens with zero attached hydrogens (tertiary/aromatic N) is 1. The average Bonchev–Trinajstić information content (AvgIpc) is 2.96. The minimum Gasteiger partial charge on any atom is -0.387 e. The van der Waals surface area contributed by atoms with Gasteiger partial charge in [-0.15, -0.1) is 0 Å². The van der Waals surface area contributed by atoms with Crippen LogP contribution in [0.4, 0.5) is 17.6 Å². The van der Waals surface area contributed by atoms with Crippen LogP contribution in [0, 0.1) is 5.82 Å². The van der Waals surface area contributed by atoms with Gasteiger partial charge >= 0.3 is 29.6 Å². The van der Waals surface area contributed by atoms with Gasteiger partial charge in [0.2, 0.25) is 0 Å². The Hall–Kier alpha value is -1.63. The zero-order valence-electron chi connectivity index (χ0n) is 17.4. The molecule has 37 heavy (non-hydrogen) atoms. The van der Waals surface area contributed by atoms with E-state index >= 15 is 0 Å². The molecule has 1 fully saturated rings. The molecule has 0 radical (unpaired) electrons. The molecule has 0 spiro atoms. The lowest BCUT2D eigenvalue weighted by atomic mass is 10.0. The Morgan fingerprint density at radius 3 is 2.22 bits per heavy atom. The molecule has 0 aliphatic carbocycles. The predicted octanol–water partition coefficient (Wildman–Crippen LogP) is 0.538. The smallest absolute Gasteiger partial charge is 0.387 e. The number of rotatable bonds is 8. The number of aromatic nitrogens is 2. The van der Waals surface area contributed by atoms with E-state index in [4.69, 9.17) is 19.4 Å². The minimum atomic E-state index is -5.85.